The summed E-state index contributed by atoms with van der Waals surface area (Å²) < 4.78 is 0. The number of amidine groups is 1. The largest absolute Gasteiger partial charge is 0.380 e. The second kappa shape index (κ2) is 4.32. The quantitative estimate of drug-likeness (QED) is 0.768. The Balaban J connectivity index is 2.15. The van der Waals surface area contributed by atoms with Crippen LogP contribution < -0.4 is 11.2 Å². The van der Waals surface area contributed by atoms with Crippen molar-refractivity contribution in [1.82, 2.24) is 0 Å². The first-order valence-electron chi connectivity index (χ1n) is 4.64. The van der Waals surface area contributed by atoms with Crippen LogP contribution in [0.25, 0.3) is 0 Å². The van der Waals surface area contributed by atoms with Crippen LogP contribution in [0.1, 0.15) is 6.92 Å². The fraction of sp³-hybridized carbons (Fsp3) is 0.100. The maximum atomic E-state index is 5.84. The predicted octanol–water partition coefficient (Wildman–Crippen LogP) is 1.85. The van der Waals surface area contributed by atoms with Gasteiger partial charge in [-0.15, -0.1) is 5.10 Å². The molecule has 0 radical (unpaired) electrons. The number of nitrogens with zero attached hydrogens (tertiary/aromatic N) is 3. The predicted molar refractivity (Wildman–Crippen MR) is 67.2 cm³/mol. The van der Waals surface area contributed by atoms with Crippen LogP contribution in [0.5, 0.6) is 0 Å². The van der Waals surface area contributed by atoms with Crippen molar-refractivity contribution in [2.24, 2.45) is 21.0 Å². The van der Waals surface area contributed by atoms with Gasteiger partial charge in [-0.2, -0.15) is 10.2 Å². The zero-order chi connectivity index (χ0) is 11.5. The van der Waals surface area contributed by atoms with E-state index in [1.807, 2.05) is 12.1 Å². The Kier molecular flexibility index (Phi) is 2.87. The summed E-state index contributed by atoms with van der Waals surface area (Å²) in [6.45, 7) is 1.79. The molecule has 1 aromatic rings. The molecule has 5 nitrogen and oxygen atoms in total. The van der Waals surface area contributed by atoms with Gasteiger partial charge in [-0.25, -0.2) is 0 Å². The third kappa shape index (κ3) is 2.20. The second-order valence-electron chi connectivity index (χ2n) is 3.25. The molecule has 16 heavy (non-hydrogen) atoms. The number of anilines is 1. The van der Waals surface area contributed by atoms with Crippen molar-refractivity contribution in [3.05, 3.63) is 29.3 Å². The minimum atomic E-state index is 0.312. The molecule has 6 heteroatoms. The van der Waals surface area contributed by atoms with E-state index in [0.29, 0.717) is 22.3 Å². The number of nitrogens with one attached hydrogen (secondary N) is 1. The van der Waals surface area contributed by atoms with Gasteiger partial charge in [0.05, 0.1) is 11.4 Å². The Bertz CT molecular complexity index is 484. The van der Waals surface area contributed by atoms with Gasteiger partial charge in [-0.1, -0.05) is 17.7 Å². The Hall–Kier alpha value is -1.88. The summed E-state index contributed by atoms with van der Waals surface area (Å²) in [6.07, 6.45) is 0. The molecule has 3 N–H and O–H groups in total. The molecular weight excluding hydrogens is 226 g/mol. The number of hydrogen-bond acceptors (Lipinski definition) is 5. The lowest BCUT2D eigenvalue weighted by atomic mass is 10.2. The van der Waals surface area contributed by atoms with Crippen LogP contribution in [0.2, 0.25) is 5.02 Å². The molecule has 0 bridgehead atoms. The lowest BCUT2D eigenvalue weighted by Crippen LogP contribution is -2.26. The highest BCUT2D eigenvalue weighted by Gasteiger charge is 2.14. The van der Waals surface area contributed by atoms with Crippen LogP contribution in [0, 0.1) is 0 Å². The van der Waals surface area contributed by atoms with Gasteiger partial charge in [-0.05, 0) is 25.1 Å². The van der Waals surface area contributed by atoms with Crippen LogP contribution in [0.15, 0.2) is 39.6 Å². The summed E-state index contributed by atoms with van der Waals surface area (Å²) in [6, 6.07) is 7.24. The number of hydrazone groups is 1. The molecule has 0 amide bonds. The van der Waals surface area contributed by atoms with Gasteiger partial charge in [0.15, 0.2) is 11.5 Å². The van der Waals surface area contributed by atoms with E-state index in [1.54, 1.807) is 19.1 Å². The molecule has 0 unspecified atom stereocenters. The topological polar surface area (TPSA) is 75.1 Å². The van der Waals surface area contributed by atoms with Gasteiger partial charge >= 0.3 is 0 Å². The third-order valence-corrected chi connectivity index (χ3v) is 2.25. The molecule has 0 aromatic heterocycles. The summed E-state index contributed by atoms with van der Waals surface area (Å²) in [4.78, 5) is 0. The molecule has 0 fully saturated rings. The van der Waals surface area contributed by atoms with E-state index in [1.165, 1.54) is 0 Å². The molecule has 1 aromatic carbocycles. The maximum Gasteiger partial charge on any atom is 0.175 e. The Labute approximate surface area is 97.7 Å². The molecule has 1 heterocycles. The fourth-order valence-electron chi connectivity index (χ4n) is 1.23. The van der Waals surface area contributed by atoms with E-state index in [-0.39, 0.29) is 0 Å². The summed E-state index contributed by atoms with van der Waals surface area (Å²) in [5.41, 5.74) is 10.5. The Morgan fingerprint density at radius 3 is 2.81 bits per heavy atom. The van der Waals surface area contributed by atoms with Crippen molar-refractivity contribution < 1.29 is 0 Å². The molecule has 0 spiro atoms. The van der Waals surface area contributed by atoms with E-state index in [4.69, 9.17) is 17.3 Å². The fourth-order valence-corrected chi connectivity index (χ4v) is 1.42. The van der Waals surface area contributed by atoms with E-state index >= 15 is 0 Å². The summed E-state index contributed by atoms with van der Waals surface area (Å²) in [5, 5.41) is 12.3. The highest BCUT2D eigenvalue weighted by Crippen LogP contribution is 2.14. The SMILES string of the molecule is CC1=NN=C(N)/C1=N/Nc1cccc(Cl)c1. The minimum Gasteiger partial charge on any atom is -0.380 e. The van der Waals surface area contributed by atoms with Gasteiger partial charge in [0.25, 0.3) is 0 Å². The third-order valence-electron chi connectivity index (χ3n) is 2.01. The van der Waals surface area contributed by atoms with E-state index < -0.39 is 0 Å². The second-order valence-corrected chi connectivity index (χ2v) is 3.69. The molecule has 1 aliphatic rings. The van der Waals surface area contributed by atoms with Crippen LogP contribution in [-0.2, 0) is 0 Å². The maximum absolute atomic E-state index is 5.84. The van der Waals surface area contributed by atoms with Crippen molar-refractivity contribution >= 4 is 34.5 Å². The Morgan fingerprint density at radius 2 is 2.19 bits per heavy atom. The standard InChI is InChI=1S/C10H10ClN5/c1-6-9(10(12)16-13-6)15-14-8-4-2-3-7(11)5-8/h2-5,14H,1H3,(H2,12,15,16). The normalized spacial score (nSPS) is 17.2. The lowest BCUT2D eigenvalue weighted by Gasteiger charge is -2.02. The first-order chi connectivity index (χ1) is 7.66. The van der Waals surface area contributed by atoms with Gasteiger partial charge < -0.3 is 5.73 Å². The van der Waals surface area contributed by atoms with Gasteiger partial charge in [-0.3, -0.25) is 5.43 Å². The van der Waals surface area contributed by atoms with Crippen molar-refractivity contribution in [1.29, 1.82) is 0 Å². The zero-order valence-electron chi connectivity index (χ0n) is 8.61. The van der Waals surface area contributed by atoms with Gasteiger partial charge in [0.1, 0.15) is 0 Å². The van der Waals surface area contributed by atoms with Crippen LogP contribution >= 0.6 is 11.6 Å². The van der Waals surface area contributed by atoms with Gasteiger partial charge in [0, 0.05) is 5.02 Å². The molecule has 82 valence electrons. The number of halogens is 1. The van der Waals surface area contributed by atoms with Crippen LogP contribution in [0.3, 0.4) is 0 Å². The van der Waals surface area contributed by atoms with Crippen molar-refractivity contribution in [3.63, 3.8) is 0 Å². The average molecular weight is 236 g/mol. The molecular formula is C10H10ClN5. The molecule has 0 saturated carbocycles. The summed E-state index contributed by atoms with van der Waals surface area (Å²) >= 11 is 5.84. The first-order valence-corrected chi connectivity index (χ1v) is 5.02. The van der Waals surface area contributed by atoms with Crippen molar-refractivity contribution in [2.45, 2.75) is 6.92 Å². The van der Waals surface area contributed by atoms with E-state index in [2.05, 4.69) is 20.7 Å². The Morgan fingerprint density at radius 1 is 1.38 bits per heavy atom. The minimum absolute atomic E-state index is 0.312. The van der Waals surface area contributed by atoms with Gasteiger partial charge in [0.2, 0.25) is 0 Å². The van der Waals surface area contributed by atoms with E-state index in [9.17, 15) is 0 Å². The zero-order valence-corrected chi connectivity index (χ0v) is 9.36. The van der Waals surface area contributed by atoms with Crippen LogP contribution in [-0.4, -0.2) is 17.3 Å². The molecule has 0 saturated heterocycles. The molecule has 0 aliphatic carbocycles. The first kappa shape index (κ1) is 10.6. The molecule has 2 rings (SSSR count). The highest BCUT2D eigenvalue weighted by atomic mass is 35.5. The number of hydrogen-bond donors (Lipinski definition) is 2. The molecule has 1 aliphatic heterocycles. The van der Waals surface area contributed by atoms with Crippen molar-refractivity contribution in [3.8, 4) is 0 Å². The summed E-state index contributed by atoms with van der Waals surface area (Å²) in [7, 11) is 0. The monoisotopic (exact) mass is 235 g/mol. The number of nitrogens with two attached hydrogens (primary N) is 1. The highest BCUT2D eigenvalue weighted by molar-refractivity contribution is 6.69. The van der Waals surface area contributed by atoms with Crippen molar-refractivity contribution in [2.75, 3.05) is 5.43 Å². The molecule has 0 atom stereocenters. The van der Waals surface area contributed by atoms with E-state index in [0.717, 1.165) is 5.69 Å². The average Bonchev–Trinajstić information content (AvgIpc) is 2.56. The van der Waals surface area contributed by atoms with Crippen LogP contribution in [0.4, 0.5) is 5.69 Å². The lowest BCUT2D eigenvalue weighted by molar-refractivity contribution is 1.25. The number of benzene rings is 1. The smallest absolute Gasteiger partial charge is 0.175 e. The number of rotatable bonds is 2. The summed E-state index contributed by atoms with van der Waals surface area (Å²) in [5.74, 6) is 0.312.